The number of carbonyl (C=O) groups is 1. The van der Waals surface area contributed by atoms with Gasteiger partial charge in [0.2, 0.25) is 5.91 Å². The molecule has 190 valence electrons. The first-order chi connectivity index (χ1) is 17.3. The van der Waals surface area contributed by atoms with E-state index < -0.39 is 5.60 Å². The summed E-state index contributed by atoms with van der Waals surface area (Å²) in [6, 6.07) is 12.1. The van der Waals surface area contributed by atoms with E-state index >= 15 is 0 Å². The zero-order valence-corrected chi connectivity index (χ0v) is 21.4. The van der Waals surface area contributed by atoms with Crippen LogP contribution in [-0.2, 0) is 15.1 Å². The number of fused-ring (bicyclic) bond motifs is 1. The summed E-state index contributed by atoms with van der Waals surface area (Å²) in [5.74, 6) is 2.70. The van der Waals surface area contributed by atoms with E-state index in [2.05, 4.69) is 29.4 Å². The minimum absolute atomic E-state index is 0.0450. The number of likely N-dealkylation sites (tertiary alicyclic amines) is 1. The maximum atomic E-state index is 11.8. The molecule has 0 saturated carbocycles. The van der Waals surface area contributed by atoms with Crippen LogP contribution >= 0.6 is 0 Å². The summed E-state index contributed by atoms with van der Waals surface area (Å²) < 4.78 is 11.0. The lowest BCUT2D eigenvalue weighted by atomic mass is 9.88. The molecule has 8 heteroatoms. The smallest absolute Gasteiger partial charge is 0.219 e. The molecule has 3 heterocycles. The molecular formula is C28H34N4O4. The van der Waals surface area contributed by atoms with E-state index in [0.29, 0.717) is 25.0 Å². The Hall–Kier alpha value is -3.23. The molecule has 0 bridgehead atoms. The minimum Gasteiger partial charge on any atom is -0.496 e. The maximum absolute atomic E-state index is 11.8. The highest BCUT2D eigenvalue weighted by molar-refractivity contribution is 5.91. The van der Waals surface area contributed by atoms with Gasteiger partial charge in [0, 0.05) is 37.5 Å². The average molecular weight is 491 g/mol. The Labute approximate surface area is 211 Å². The van der Waals surface area contributed by atoms with Gasteiger partial charge in [0.15, 0.2) is 0 Å². The van der Waals surface area contributed by atoms with Crippen molar-refractivity contribution >= 4 is 22.6 Å². The number of ether oxygens (including phenoxy) is 2. The zero-order valence-electron chi connectivity index (χ0n) is 21.4. The summed E-state index contributed by atoms with van der Waals surface area (Å²) in [6.45, 7) is 7.76. The number of nitrogens with zero attached hydrogens (tertiary/aromatic N) is 3. The van der Waals surface area contributed by atoms with Crippen molar-refractivity contribution < 1.29 is 19.4 Å². The first-order valence-corrected chi connectivity index (χ1v) is 12.6. The summed E-state index contributed by atoms with van der Waals surface area (Å²) >= 11 is 0. The number of rotatable bonds is 6. The van der Waals surface area contributed by atoms with E-state index in [-0.39, 0.29) is 11.9 Å². The van der Waals surface area contributed by atoms with Crippen LogP contribution in [0, 0.1) is 6.92 Å². The molecule has 5 rings (SSSR count). The molecule has 2 N–H and O–H groups in total. The van der Waals surface area contributed by atoms with E-state index in [9.17, 15) is 9.90 Å². The SMILES string of the molecule is COc1cc2nc(C)nc(N[C@@H](C)c3cccc(C4(O)COC4)c3)c2cc1C1CCN(C(C)=O)CC1. The van der Waals surface area contributed by atoms with Gasteiger partial charge in [-0.1, -0.05) is 24.3 Å². The normalized spacial score (nSPS) is 18.5. The number of carbonyl (C=O) groups excluding carboxylic acids is 1. The molecule has 2 aliphatic rings. The Bertz CT molecular complexity index is 1280. The van der Waals surface area contributed by atoms with Crippen molar-refractivity contribution in [3.63, 3.8) is 0 Å². The van der Waals surface area contributed by atoms with E-state index in [1.54, 1.807) is 14.0 Å². The molecule has 2 aliphatic heterocycles. The van der Waals surface area contributed by atoms with Crippen molar-refractivity contribution in [1.29, 1.82) is 0 Å². The molecule has 1 atom stereocenters. The first-order valence-electron chi connectivity index (χ1n) is 12.6. The number of amides is 1. The monoisotopic (exact) mass is 490 g/mol. The van der Waals surface area contributed by atoms with Crippen molar-refractivity contribution in [2.75, 3.05) is 38.7 Å². The van der Waals surface area contributed by atoms with Gasteiger partial charge in [-0.3, -0.25) is 4.79 Å². The Balaban J connectivity index is 1.47. The van der Waals surface area contributed by atoms with E-state index in [1.165, 1.54) is 0 Å². The molecule has 3 aromatic rings. The number of nitrogens with one attached hydrogen (secondary N) is 1. The lowest BCUT2D eigenvalue weighted by Crippen LogP contribution is -2.46. The number of aromatic nitrogens is 2. The highest BCUT2D eigenvalue weighted by Gasteiger charge is 2.38. The van der Waals surface area contributed by atoms with Crippen molar-refractivity contribution in [3.8, 4) is 5.75 Å². The summed E-state index contributed by atoms with van der Waals surface area (Å²) in [5, 5.41) is 15.2. The number of methoxy groups -OCH3 is 1. The van der Waals surface area contributed by atoms with E-state index in [1.807, 2.05) is 36.1 Å². The van der Waals surface area contributed by atoms with Crippen LogP contribution < -0.4 is 10.1 Å². The molecule has 1 aromatic heterocycles. The van der Waals surface area contributed by atoms with Gasteiger partial charge in [-0.15, -0.1) is 0 Å². The summed E-state index contributed by atoms with van der Waals surface area (Å²) in [6.07, 6.45) is 1.79. The van der Waals surface area contributed by atoms with Gasteiger partial charge in [-0.05, 0) is 55.4 Å². The van der Waals surface area contributed by atoms with Crippen molar-refractivity contribution in [1.82, 2.24) is 14.9 Å². The Morgan fingerprint density at radius 3 is 2.61 bits per heavy atom. The summed E-state index contributed by atoms with van der Waals surface area (Å²) in [4.78, 5) is 23.1. The van der Waals surface area contributed by atoms with Crippen molar-refractivity contribution in [2.24, 2.45) is 0 Å². The van der Waals surface area contributed by atoms with Crippen LogP contribution in [0.2, 0.25) is 0 Å². The van der Waals surface area contributed by atoms with Crippen molar-refractivity contribution in [3.05, 3.63) is 58.9 Å². The Morgan fingerprint density at radius 1 is 1.22 bits per heavy atom. The number of aryl methyl sites for hydroxylation is 1. The summed E-state index contributed by atoms with van der Waals surface area (Å²) in [5.41, 5.74) is 2.98. The Morgan fingerprint density at radius 2 is 1.97 bits per heavy atom. The van der Waals surface area contributed by atoms with Gasteiger partial charge < -0.3 is 24.8 Å². The molecule has 2 aromatic carbocycles. The van der Waals surface area contributed by atoms with Gasteiger partial charge in [-0.25, -0.2) is 9.97 Å². The molecule has 0 aliphatic carbocycles. The number of aliphatic hydroxyl groups is 1. The summed E-state index contributed by atoms with van der Waals surface area (Å²) in [7, 11) is 1.69. The molecule has 2 fully saturated rings. The topological polar surface area (TPSA) is 96.8 Å². The van der Waals surface area contributed by atoms with Crippen LogP contribution in [0.15, 0.2) is 36.4 Å². The number of hydrogen-bond acceptors (Lipinski definition) is 7. The molecule has 0 radical (unpaired) electrons. The van der Waals surface area contributed by atoms with Crippen LogP contribution in [0.5, 0.6) is 5.75 Å². The number of piperidine rings is 1. The van der Waals surface area contributed by atoms with E-state index in [0.717, 1.165) is 65.1 Å². The number of anilines is 1. The van der Waals surface area contributed by atoms with Gasteiger partial charge in [0.25, 0.3) is 0 Å². The van der Waals surface area contributed by atoms with Gasteiger partial charge in [0.05, 0.1) is 25.8 Å². The predicted octanol–water partition coefficient (Wildman–Crippen LogP) is 4.06. The fourth-order valence-electron chi connectivity index (χ4n) is 5.25. The number of hydrogen-bond donors (Lipinski definition) is 2. The molecule has 0 unspecified atom stereocenters. The van der Waals surface area contributed by atoms with Gasteiger partial charge in [0.1, 0.15) is 23.0 Å². The molecule has 1 amide bonds. The second-order valence-corrected chi connectivity index (χ2v) is 10.0. The van der Waals surface area contributed by atoms with Gasteiger partial charge >= 0.3 is 0 Å². The quantitative estimate of drug-likeness (QED) is 0.538. The Kier molecular flexibility index (Phi) is 6.57. The average Bonchev–Trinajstić information content (AvgIpc) is 2.86. The van der Waals surface area contributed by atoms with Crippen molar-refractivity contribution in [2.45, 2.75) is 51.2 Å². The molecule has 2 saturated heterocycles. The molecule has 8 nitrogen and oxygen atoms in total. The van der Waals surface area contributed by atoms with E-state index in [4.69, 9.17) is 14.5 Å². The van der Waals surface area contributed by atoms with Crippen LogP contribution in [0.1, 0.15) is 61.2 Å². The van der Waals surface area contributed by atoms with Gasteiger partial charge in [-0.2, -0.15) is 0 Å². The third-order valence-corrected chi connectivity index (χ3v) is 7.50. The third kappa shape index (κ3) is 4.63. The third-order valence-electron chi connectivity index (χ3n) is 7.50. The largest absolute Gasteiger partial charge is 0.496 e. The highest BCUT2D eigenvalue weighted by atomic mass is 16.5. The van der Waals surface area contributed by atoms with Crippen LogP contribution in [0.3, 0.4) is 0 Å². The molecule has 36 heavy (non-hydrogen) atoms. The fraction of sp³-hybridized carbons (Fsp3) is 0.464. The first kappa shape index (κ1) is 24.5. The highest BCUT2D eigenvalue weighted by Crippen LogP contribution is 2.39. The second kappa shape index (κ2) is 9.67. The van der Waals surface area contributed by atoms with Crippen LogP contribution in [-0.4, -0.2) is 59.3 Å². The minimum atomic E-state index is -0.905. The van der Waals surface area contributed by atoms with Crippen LogP contribution in [0.4, 0.5) is 5.82 Å². The number of benzene rings is 2. The molecule has 0 spiro atoms. The fourth-order valence-corrected chi connectivity index (χ4v) is 5.25. The standard InChI is InChI=1S/C28H34N4O4/c1-17(21-6-5-7-22(12-21)28(34)15-36-16-28)29-27-24-13-23(20-8-10-32(11-9-20)19(3)33)26(35-4)14-25(24)30-18(2)31-27/h5-7,12-14,17,20,34H,8-11,15-16H2,1-4H3,(H,29,30,31)/t17-/m0/s1. The maximum Gasteiger partial charge on any atom is 0.219 e. The second-order valence-electron chi connectivity index (χ2n) is 10.0. The predicted molar refractivity (Wildman–Crippen MR) is 138 cm³/mol. The lowest BCUT2D eigenvalue weighted by molar-refractivity contribution is -0.184. The lowest BCUT2D eigenvalue weighted by Gasteiger charge is -2.37. The molecular weight excluding hydrogens is 456 g/mol. The zero-order chi connectivity index (χ0) is 25.4. The van der Waals surface area contributed by atoms with Crippen LogP contribution in [0.25, 0.3) is 10.9 Å².